The van der Waals surface area contributed by atoms with Crippen LogP contribution < -0.4 is 10.6 Å². The minimum absolute atomic E-state index is 0.108. The van der Waals surface area contributed by atoms with Crippen LogP contribution in [0.3, 0.4) is 0 Å². The molecule has 0 spiro atoms. The van der Waals surface area contributed by atoms with E-state index in [2.05, 4.69) is 15.6 Å². The number of hydrogen-bond acceptors (Lipinski definition) is 5. The fourth-order valence-electron chi connectivity index (χ4n) is 1.44. The number of sulfone groups is 1. The summed E-state index contributed by atoms with van der Waals surface area (Å²) in [5.74, 6) is 0.108. The van der Waals surface area contributed by atoms with Gasteiger partial charge in [0, 0.05) is 19.3 Å². The molecule has 1 rings (SSSR count). The van der Waals surface area contributed by atoms with E-state index in [0.717, 1.165) is 11.4 Å². The third-order valence-corrected chi connectivity index (χ3v) is 3.10. The van der Waals surface area contributed by atoms with Gasteiger partial charge in [-0.05, 0) is 13.0 Å². The second kappa shape index (κ2) is 5.16. The minimum Gasteiger partial charge on any atom is -0.387 e. The Morgan fingerprint density at radius 3 is 2.56 bits per heavy atom. The highest BCUT2D eigenvalue weighted by molar-refractivity contribution is 7.90. The Balaban J connectivity index is 2.65. The molecule has 0 aliphatic heterocycles. The molecule has 1 atom stereocenters. The van der Waals surface area contributed by atoms with E-state index in [-0.39, 0.29) is 11.8 Å². The first-order chi connectivity index (χ1) is 7.40. The molecule has 90 valence electrons. The van der Waals surface area contributed by atoms with Crippen LogP contribution in [0.25, 0.3) is 0 Å². The molecule has 16 heavy (non-hydrogen) atoms. The molecule has 0 bridgehead atoms. The van der Waals surface area contributed by atoms with E-state index in [4.69, 9.17) is 0 Å². The molecule has 0 saturated carbocycles. The Kier molecular flexibility index (Phi) is 4.12. The van der Waals surface area contributed by atoms with Crippen LogP contribution in [0, 0.1) is 0 Å². The molecule has 0 aliphatic rings. The SMILES string of the molecule is CNc1cncc(NC(C)CS(C)(=O)=O)c1. The smallest absolute Gasteiger partial charge is 0.149 e. The quantitative estimate of drug-likeness (QED) is 0.806. The van der Waals surface area contributed by atoms with Crippen molar-refractivity contribution in [1.82, 2.24) is 4.98 Å². The van der Waals surface area contributed by atoms with Gasteiger partial charge in [-0.1, -0.05) is 0 Å². The van der Waals surface area contributed by atoms with E-state index in [1.165, 1.54) is 6.26 Å². The topological polar surface area (TPSA) is 71.1 Å². The van der Waals surface area contributed by atoms with E-state index in [9.17, 15) is 8.42 Å². The molecule has 1 aromatic rings. The van der Waals surface area contributed by atoms with Gasteiger partial charge in [0.05, 0.1) is 29.5 Å². The zero-order valence-electron chi connectivity index (χ0n) is 9.69. The number of anilines is 2. The van der Waals surface area contributed by atoms with Crippen LogP contribution in [-0.2, 0) is 9.84 Å². The molecule has 1 unspecified atom stereocenters. The van der Waals surface area contributed by atoms with E-state index in [0.29, 0.717) is 0 Å². The van der Waals surface area contributed by atoms with Gasteiger partial charge in [0.1, 0.15) is 9.84 Å². The van der Waals surface area contributed by atoms with Crippen LogP contribution in [0.5, 0.6) is 0 Å². The molecule has 5 nitrogen and oxygen atoms in total. The summed E-state index contributed by atoms with van der Waals surface area (Å²) in [6.07, 6.45) is 4.60. The number of rotatable bonds is 5. The second-order valence-corrected chi connectivity index (χ2v) is 6.03. The predicted molar refractivity (Wildman–Crippen MR) is 66.6 cm³/mol. The van der Waals surface area contributed by atoms with Gasteiger partial charge in [-0.15, -0.1) is 0 Å². The first-order valence-electron chi connectivity index (χ1n) is 4.98. The molecule has 1 aromatic heterocycles. The first-order valence-corrected chi connectivity index (χ1v) is 7.04. The van der Waals surface area contributed by atoms with E-state index < -0.39 is 9.84 Å². The fourth-order valence-corrected chi connectivity index (χ4v) is 2.43. The van der Waals surface area contributed by atoms with Crippen LogP contribution in [0.15, 0.2) is 18.5 Å². The van der Waals surface area contributed by atoms with Crippen molar-refractivity contribution in [1.29, 1.82) is 0 Å². The number of nitrogens with one attached hydrogen (secondary N) is 2. The Hall–Kier alpha value is -1.30. The van der Waals surface area contributed by atoms with E-state index in [1.807, 2.05) is 13.0 Å². The lowest BCUT2D eigenvalue weighted by molar-refractivity contribution is 0.598. The van der Waals surface area contributed by atoms with Crippen molar-refractivity contribution in [2.45, 2.75) is 13.0 Å². The van der Waals surface area contributed by atoms with Gasteiger partial charge >= 0.3 is 0 Å². The number of nitrogens with zero attached hydrogens (tertiary/aromatic N) is 1. The summed E-state index contributed by atoms with van der Waals surface area (Å²) in [6, 6.07) is 1.75. The third-order valence-electron chi connectivity index (χ3n) is 1.99. The number of pyridine rings is 1. The largest absolute Gasteiger partial charge is 0.387 e. The molecule has 0 fully saturated rings. The Labute approximate surface area is 96.2 Å². The lowest BCUT2D eigenvalue weighted by Crippen LogP contribution is -2.25. The fraction of sp³-hybridized carbons (Fsp3) is 0.500. The van der Waals surface area contributed by atoms with Crippen molar-refractivity contribution in [3.63, 3.8) is 0 Å². The molecule has 0 aliphatic carbocycles. The summed E-state index contributed by atoms with van der Waals surface area (Å²) >= 11 is 0. The van der Waals surface area contributed by atoms with E-state index >= 15 is 0 Å². The van der Waals surface area contributed by atoms with Crippen molar-refractivity contribution < 1.29 is 8.42 Å². The van der Waals surface area contributed by atoms with Gasteiger partial charge in [0.15, 0.2) is 0 Å². The highest BCUT2D eigenvalue weighted by Crippen LogP contribution is 2.13. The molecule has 1 heterocycles. The number of aromatic nitrogens is 1. The maximum atomic E-state index is 11.1. The van der Waals surface area contributed by atoms with Gasteiger partial charge in [-0.25, -0.2) is 8.42 Å². The molecular weight excluding hydrogens is 226 g/mol. The average Bonchev–Trinajstić information content (AvgIpc) is 2.15. The van der Waals surface area contributed by atoms with Crippen LogP contribution in [0.1, 0.15) is 6.92 Å². The van der Waals surface area contributed by atoms with Crippen molar-refractivity contribution in [2.75, 3.05) is 29.7 Å². The molecule has 0 amide bonds. The number of hydrogen-bond donors (Lipinski definition) is 2. The second-order valence-electron chi connectivity index (χ2n) is 3.85. The third kappa shape index (κ3) is 4.48. The van der Waals surface area contributed by atoms with Crippen molar-refractivity contribution in [2.24, 2.45) is 0 Å². The lowest BCUT2D eigenvalue weighted by atomic mass is 10.3. The summed E-state index contributed by atoms with van der Waals surface area (Å²) in [5, 5.41) is 6.06. The summed E-state index contributed by atoms with van der Waals surface area (Å²) in [7, 11) is -1.15. The first kappa shape index (κ1) is 12.8. The maximum Gasteiger partial charge on any atom is 0.149 e. The molecule has 0 radical (unpaired) electrons. The standard InChI is InChI=1S/C10H17N3O2S/c1-8(7-16(3,14)15)13-10-4-9(11-2)5-12-6-10/h4-6,8,11,13H,7H2,1-3H3. The average molecular weight is 243 g/mol. The van der Waals surface area contributed by atoms with Gasteiger partial charge < -0.3 is 10.6 Å². The van der Waals surface area contributed by atoms with Crippen molar-refractivity contribution in [3.8, 4) is 0 Å². The Morgan fingerprint density at radius 2 is 2.00 bits per heavy atom. The molecule has 6 heteroatoms. The summed E-state index contributed by atoms with van der Waals surface area (Å²) in [4.78, 5) is 4.03. The molecule has 0 saturated heterocycles. The summed E-state index contributed by atoms with van der Waals surface area (Å²) < 4.78 is 22.2. The highest BCUT2D eigenvalue weighted by atomic mass is 32.2. The van der Waals surface area contributed by atoms with Crippen molar-refractivity contribution in [3.05, 3.63) is 18.5 Å². The predicted octanol–water partition coefficient (Wildman–Crippen LogP) is 0.968. The van der Waals surface area contributed by atoms with Gasteiger partial charge in [-0.3, -0.25) is 4.98 Å². The lowest BCUT2D eigenvalue weighted by Gasteiger charge is -2.14. The van der Waals surface area contributed by atoms with Crippen LogP contribution in [0.4, 0.5) is 11.4 Å². The monoisotopic (exact) mass is 243 g/mol. The maximum absolute atomic E-state index is 11.1. The zero-order chi connectivity index (χ0) is 12.2. The van der Waals surface area contributed by atoms with Crippen LogP contribution >= 0.6 is 0 Å². The normalized spacial score (nSPS) is 13.2. The summed E-state index contributed by atoms with van der Waals surface area (Å²) in [6.45, 7) is 1.83. The minimum atomic E-state index is -2.96. The Morgan fingerprint density at radius 1 is 1.38 bits per heavy atom. The van der Waals surface area contributed by atoms with Gasteiger partial charge in [0.25, 0.3) is 0 Å². The molecular formula is C10H17N3O2S. The molecule has 2 N–H and O–H groups in total. The van der Waals surface area contributed by atoms with Crippen LogP contribution in [0.2, 0.25) is 0 Å². The zero-order valence-corrected chi connectivity index (χ0v) is 10.5. The van der Waals surface area contributed by atoms with E-state index in [1.54, 1.807) is 19.4 Å². The van der Waals surface area contributed by atoms with Gasteiger partial charge in [0.2, 0.25) is 0 Å². The van der Waals surface area contributed by atoms with Crippen molar-refractivity contribution >= 4 is 21.2 Å². The van der Waals surface area contributed by atoms with Gasteiger partial charge in [-0.2, -0.15) is 0 Å². The molecule has 0 aromatic carbocycles. The highest BCUT2D eigenvalue weighted by Gasteiger charge is 2.10. The summed E-state index contributed by atoms with van der Waals surface area (Å²) in [5.41, 5.74) is 1.69. The van der Waals surface area contributed by atoms with Crippen LogP contribution in [-0.4, -0.2) is 38.5 Å². The Bertz CT molecular complexity index is 445.